The molecule has 0 fully saturated rings. The molecule has 0 bridgehead atoms. The first-order chi connectivity index (χ1) is 8.04. The lowest BCUT2D eigenvalue weighted by Crippen LogP contribution is -2.18. The van der Waals surface area contributed by atoms with Crippen LogP contribution in [0.2, 0.25) is 0 Å². The van der Waals surface area contributed by atoms with E-state index in [1.165, 1.54) is 18.4 Å². The maximum absolute atomic E-state index is 11.6. The number of hydrogen-bond donors (Lipinski definition) is 1. The highest BCUT2D eigenvalue weighted by Gasteiger charge is 2.08. The van der Waals surface area contributed by atoms with Gasteiger partial charge in [-0.05, 0) is 37.0 Å². The van der Waals surface area contributed by atoms with Gasteiger partial charge < -0.3 is 5.32 Å². The van der Waals surface area contributed by atoms with Crippen molar-refractivity contribution in [3.05, 3.63) is 29.3 Å². The highest BCUT2D eigenvalue weighted by molar-refractivity contribution is 5.92. The summed E-state index contributed by atoms with van der Waals surface area (Å²) >= 11 is 0. The molecule has 0 heterocycles. The molecule has 0 spiro atoms. The molecule has 94 valence electrons. The Kier molecular flexibility index (Phi) is 5.20. The van der Waals surface area contributed by atoms with Crippen LogP contribution in [0.25, 0.3) is 0 Å². The number of amides is 1. The molecule has 1 rings (SSSR count). The van der Waals surface area contributed by atoms with Gasteiger partial charge in [0, 0.05) is 11.6 Å². The number of nitrogens with one attached hydrogen (secondary N) is 1. The average molecular weight is 233 g/mol. The van der Waals surface area contributed by atoms with Crippen LogP contribution in [0.4, 0.5) is 5.69 Å². The highest BCUT2D eigenvalue weighted by atomic mass is 16.1. The number of carbonyl (C=O) groups excluding carboxylic acids is 1. The summed E-state index contributed by atoms with van der Waals surface area (Å²) in [5, 5.41) is 2.95. The Morgan fingerprint density at radius 1 is 1.35 bits per heavy atom. The fraction of sp³-hybridized carbons (Fsp3) is 0.533. The van der Waals surface area contributed by atoms with Crippen molar-refractivity contribution >= 4 is 11.6 Å². The molecule has 1 N–H and O–H groups in total. The third-order valence-electron chi connectivity index (χ3n) is 2.89. The minimum absolute atomic E-state index is 0.0224. The van der Waals surface area contributed by atoms with Crippen LogP contribution in [0.1, 0.15) is 44.7 Å². The van der Waals surface area contributed by atoms with E-state index in [4.69, 9.17) is 0 Å². The van der Waals surface area contributed by atoms with E-state index < -0.39 is 0 Å². The van der Waals surface area contributed by atoms with Crippen LogP contribution in [-0.2, 0) is 11.2 Å². The van der Waals surface area contributed by atoms with Crippen molar-refractivity contribution in [3.8, 4) is 0 Å². The lowest BCUT2D eigenvalue weighted by molar-refractivity contribution is -0.118. The number of benzene rings is 1. The minimum atomic E-state index is 0.0224. The number of rotatable bonds is 5. The first kappa shape index (κ1) is 13.8. The summed E-state index contributed by atoms with van der Waals surface area (Å²) < 4.78 is 0. The quantitative estimate of drug-likeness (QED) is 0.820. The van der Waals surface area contributed by atoms with E-state index >= 15 is 0 Å². The smallest absolute Gasteiger partial charge is 0.226 e. The Morgan fingerprint density at radius 3 is 2.59 bits per heavy atom. The maximum Gasteiger partial charge on any atom is 0.226 e. The Bertz CT molecular complexity index is 383. The molecule has 0 aliphatic heterocycles. The number of aryl methyl sites for hydroxylation is 2. The van der Waals surface area contributed by atoms with Crippen LogP contribution in [0, 0.1) is 12.8 Å². The lowest BCUT2D eigenvalue weighted by Gasteiger charge is -2.11. The Labute approximate surface area is 104 Å². The summed E-state index contributed by atoms with van der Waals surface area (Å²) in [5.41, 5.74) is 3.43. The number of anilines is 1. The number of unbranched alkanes of at least 4 members (excludes halogenated alkanes) is 1. The van der Waals surface area contributed by atoms with Crippen molar-refractivity contribution in [1.29, 1.82) is 0 Å². The zero-order chi connectivity index (χ0) is 12.8. The molecule has 0 saturated carbocycles. The second-order valence-electron chi connectivity index (χ2n) is 4.90. The van der Waals surface area contributed by atoms with E-state index in [1.807, 2.05) is 26.8 Å². The van der Waals surface area contributed by atoms with Crippen LogP contribution in [0.15, 0.2) is 18.2 Å². The summed E-state index contributed by atoms with van der Waals surface area (Å²) in [6.45, 7) is 8.05. The lowest BCUT2D eigenvalue weighted by atomic mass is 10.0. The Balaban J connectivity index is 2.72. The zero-order valence-electron chi connectivity index (χ0n) is 11.3. The molecule has 17 heavy (non-hydrogen) atoms. The van der Waals surface area contributed by atoms with E-state index in [0.717, 1.165) is 17.7 Å². The first-order valence-electron chi connectivity index (χ1n) is 6.45. The van der Waals surface area contributed by atoms with Gasteiger partial charge in [-0.3, -0.25) is 4.79 Å². The monoisotopic (exact) mass is 233 g/mol. The molecule has 2 nitrogen and oxygen atoms in total. The number of carbonyl (C=O) groups is 1. The van der Waals surface area contributed by atoms with Crippen LogP contribution in [0.3, 0.4) is 0 Å². The molecule has 1 aromatic rings. The molecule has 1 aromatic carbocycles. The summed E-state index contributed by atoms with van der Waals surface area (Å²) in [6.07, 6.45) is 3.55. The van der Waals surface area contributed by atoms with E-state index in [1.54, 1.807) is 0 Å². The summed E-state index contributed by atoms with van der Waals surface area (Å²) in [5.74, 6) is 0.101. The molecule has 0 aliphatic carbocycles. The molecule has 0 atom stereocenters. The molecule has 0 radical (unpaired) electrons. The van der Waals surface area contributed by atoms with Gasteiger partial charge in [-0.1, -0.05) is 39.3 Å². The predicted molar refractivity (Wildman–Crippen MR) is 73.3 cm³/mol. The Morgan fingerprint density at radius 2 is 2.06 bits per heavy atom. The van der Waals surface area contributed by atoms with Gasteiger partial charge in [0.1, 0.15) is 0 Å². The van der Waals surface area contributed by atoms with Gasteiger partial charge in [-0.25, -0.2) is 0 Å². The third-order valence-corrected chi connectivity index (χ3v) is 2.89. The largest absolute Gasteiger partial charge is 0.326 e. The molecule has 0 saturated heterocycles. The topological polar surface area (TPSA) is 29.1 Å². The zero-order valence-corrected chi connectivity index (χ0v) is 11.3. The van der Waals surface area contributed by atoms with Crippen molar-refractivity contribution in [2.75, 3.05) is 5.32 Å². The van der Waals surface area contributed by atoms with Gasteiger partial charge in [0.15, 0.2) is 0 Å². The molecular formula is C15H23NO. The predicted octanol–water partition coefficient (Wildman–Crippen LogP) is 3.93. The third kappa shape index (κ3) is 4.22. The van der Waals surface area contributed by atoms with Crippen molar-refractivity contribution in [2.24, 2.45) is 5.92 Å². The first-order valence-corrected chi connectivity index (χ1v) is 6.45. The fourth-order valence-corrected chi connectivity index (χ4v) is 1.68. The van der Waals surface area contributed by atoms with Gasteiger partial charge in [-0.15, -0.1) is 0 Å². The SMILES string of the molecule is CCCCc1ccc(NC(=O)C(C)C)c(C)c1. The molecule has 1 amide bonds. The van der Waals surface area contributed by atoms with Gasteiger partial charge >= 0.3 is 0 Å². The minimum Gasteiger partial charge on any atom is -0.326 e. The second kappa shape index (κ2) is 6.43. The normalized spacial score (nSPS) is 10.6. The van der Waals surface area contributed by atoms with E-state index in [9.17, 15) is 4.79 Å². The standard InChI is InChI=1S/C15H23NO/c1-5-6-7-13-8-9-14(12(4)10-13)16-15(17)11(2)3/h8-11H,5-7H2,1-4H3,(H,16,17). The van der Waals surface area contributed by atoms with E-state index in [-0.39, 0.29) is 11.8 Å². The van der Waals surface area contributed by atoms with Crippen LogP contribution in [0.5, 0.6) is 0 Å². The summed E-state index contributed by atoms with van der Waals surface area (Å²) in [4.78, 5) is 11.6. The number of hydrogen-bond acceptors (Lipinski definition) is 1. The van der Waals surface area contributed by atoms with Crippen LogP contribution in [-0.4, -0.2) is 5.91 Å². The van der Waals surface area contributed by atoms with Gasteiger partial charge in [0.05, 0.1) is 0 Å². The fourth-order valence-electron chi connectivity index (χ4n) is 1.68. The van der Waals surface area contributed by atoms with Crippen molar-refractivity contribution in [1.82, 2.24) is 0 Å². The van der Waals surface area contributed by atoms with E-state index in [2.05, 4.69) is 24.4 Å². The van der Waals surface area contributed by atoms with Crippen LogP contribution < -0.4 is 5.32 Å². The average Bonchev–Trinajstić information content (AvgIpc) is 2.29. The second-order valence-corrected chi connectivity index (χ2v) is 4.90. The van der Waals surface area contributed by atoms with Crippen molar-refractivity contribution in [2.45, 2.75) is 47.0 Å². The van der Waals surface area contributed by atoms with Gasteiger partial charge in [0.25, 0.3) is 0 Å². The molecular weight excluding hydrogens is 210 g/mol. The summed E-state index contributed by atoms with van der Waals surface area (Å²) in [7, 11) is 0. The van der Waals surface area contributed by atoms with Gasteiger partial charge in [0.2, 0.25) is 5.91 Å². The molecule has 0 unspecified atom stereocenters. The molecule has 2 heteroatoms. The van der Waals surface area contributed by atoms with Crippen molar-refractivity contribution < 1.29 is 4.79 Å². The summed E-state index contributed by atoms with van der Waals surface area (Å²) in [6, 6.07) is 6.30. The Hall–Kier alpha value is -1.31. The van der Waals surface area contributed by atoms with E-state index in [0.29, 0.717) is 0 Å². The molecule has 0 aliphatic rings. The maximum atomic E-state index is 11.6. The highest BCUT2D eigenvalue weighted by Crippen LogP contribution is 2.18. The van der Waals surface area contributed by atoms with Crippen molar-refractivity contribution in [3.63, 3.8) is 0 Å². The van der Waals surface area contributed by atoms with Gasteiger partial charge in [-0.2, -0.15) is 0 Å². The van der Waals surface area contributed by atoms with Crippen LogP contribution >= 0.6 is 0 Å². The molecule has 0 aromatic heterocycles.